The van der Waals surface area contributed by atoms with Crippen LogP contribution in [0.25, 0.3) is 197 Å². The Kier molecular flexibility index (Phi) is 13.6. The molecule has 0 unspecified atom stereocenters. The number of hydrogen-bond donors (Lipinski definition) is 0. The SMILES string of the molecule is CC1(C)c2cccc(-c3c4ccccc4c(-c4ccc5ccccc5c4)c4ccccc34)c2-c2c1c1ccccc1c1ccccc21.CC1(C)c2ccccc2-c2c1cc(-c1c3ccccc3c(-c3cccc(-c4cccc5c4-c4c(c6ccccc6c6ccccc46)C5(C)C)c3)c3ccccc13)c1ccccc21. The Hall–Kier alpha value is -13.0. The maximum Gasteiger partial charge on any atom is 0.0165 e. The van der Waals surface area contributed by atoms with Gasteiger partial charge in [-0.2, -0.15) is 0 Å². The summed E-state index contributed by atoms with van der Waals surface area (Å²) < 4.78 is 0. The largest absolute Gasteiger partial charge is 0.0619 e. The van der Waals surface area contributed by atoms with Crippen LogP contribution in [0.2, 0.25) is 0 Å². The van der Waals surface area contributed by atoms with Crippen molar-refractivity contribution in [3.63, 3.8) is 0 Å². The Bertz CT molecular complexity index is 7260. The lowest BCUT2D eigenvalue weighted by Crippen LogP contribution is -2.15. The molecule has 0 heterocycles. The zero-order valence-electron chi connectivity index (χ0n) is 62.0. The molecule has 0 N–H and O–H groups in total. The van der Waals surface area contributed by atoms with Crippen molar-refractivity contribution in [2.45, 2.75) is 57.8 Å². The smallest absolute Gasteiger partial charge is 0.0165 e. The summed E-state index contributed by atoms with van der Waals surface area (Å²) in [5.41, 5.74) is 29.1. The Morgan fingerprint density at radius 1 is 0.147 bits per heavy atom. The van der Waals surface area contributed by atoms with Crippen LogP contribution in [-0.2, 0) is 16.2 Å². The highest BCUT2D eigenvalue weighted by molar-refractivity contribution is 6.28. The Morgan fingerprint density at radius 2 is 0.468 bits per heavy atom. The number of fused-ring (bicyclic) bond motifs is 26. The fourth-order valence-electron chi connectivity index (χ4n) is 20.9. The molecular formula is C109H76. The standard InChI is InChI=1S/C62H44.C47H32/c1-61(2)52-33-16-15-31-50(52)57-43-24-8-6-23-42(43)51(36-54(57)61)56-47-28-12-10-26-45(47)55(46-27-11-13-29-48(46)56)38-20-17-19-37(35-38)39-32-18-34-53-58(39)59-44-25-9-5-21-40(44)41-22-7-14-30-49(41)60(59)62(53,3)4;1-47(2)41-25-13-24-40(44(41)45-34-18-7-5-16-32(34)33-17-6-12-23-39(33)46(45)47)43-37-21-10-8-19-35(37)42(36-20-9-11-22-38(36)43)31-27-26-29-14-3-4-15-30(29)28-31/h5-36H,1-4H3;3-28H,1-2H3. The van der Waals surface area contributed by atoms with Crippen LogP contribution < -0.4 is 0 Å². The van der Waals surface area contributed by atoms with Crippen LogP contribution in [0, 0.1) is 0 Å². The predicted molar refractivity (Wildman–Crippen MR) is 468 cm³/mol. The van der Waals surface area contributed by atoms with Gasteiger partial charge >= 0.3 is 0 Å². The average Bonchev–Trinajstić information content (AvgIpc) is 1.70. The molecule has 0 atom stereocenters. The first kappa shape index (κ1) is 63.3. The molecular weight excluding hydrogens is 1310 g/mol. The van der Waals surface area contributed by atoms with Gasteiger partial charge in [-0.25, -0.2) is 0 Å². The summed E-state index contributed by atoms with van der Waals surface area (Å²) in [6.45, 7) is 14.5. The summed E-state index contributed by atoms with van der Waals surface area (Å²) in [5.74, 6) is 0. The lowest BCUT2D eigenvalue weighted by atomic mass is 9.79. The lowest BCUT2D eigenvalue weighted by molar-refractivity contribution is 0.661. The van der Waals surface area contributed by atoms with E-state index in [1.165, 1.54) is 230 Å². The molecule has 0 heteroatoms. The van der Waals surface area contributed by atoms with Crippen LogP contribution in [-0.4, -0.2) is 0 Å². The highest BCUT2D eigenvalue weighted by Crippen LogP contribution is 2.62. The highest BCUT2D eigenvalue weighted by atomic mass is 14.5. The van der Waals surface area contributed by atoms with Gasteiger partial charge in [-0.3, -0.25) is 0 Å². The Morgan fingerprint density at radius 3 is 0.963 bits per heavy atom. The molecule has 512 valence electrons. The average molecular weight is 1390 g/mol. The molecule has 3 aliphatic rings. The van der Waals surface area contributed by atoms with Crippen molar-refractivity contribution < 1.29 is 0 Å². The van der Waals surface area contributed by atoms with E-state index in [-0.39, 0.29) is 16.2 Å². The van der Waals surface area contributed by atoms with E-state index in [0.717, 1.165) is 0 Å². The van der Waals surface area contributed by atoms with E-state index >= 15 is 0 Å². The van der Waals surface area contributed by atoms with Gasteiger partial charge < -0.3 is 0 Å². The number of hydrogen-bond acceptors (Lipinski definition) is 0. The molecule has 0 aliphatic heterocycles. The van der Waals surface area contributed by atoms with Crippen molar-refractivity contribution in [1.29, 1.82) is 0 Å². The van der Waals surface area contributed by atoms with Gasteiger partial charge in [0.25, 0.3) is 0 Å². The summed E-state index contributed by atoms with van der Waals surface area (Å²) in [7, 11) is 0. The normalized spacial score (nSPS) is 14.0. The summed E-state index contributed by atoms with van der Waals surface area (Å²) in [6.07, 6.45) is 0. The van der Waals surface area contributed by atoms with Gasteiger partial charge in [0.1, 0.15) is 0 Å². The summed E-state index contributed by atoms with van der Waals surface area (Å²) in [5, 5.41) is 26.1. The van der Waals surface area contributed by atoms with E-state index in [1.807, 2.05) is 0 Å². The second-order valence-electron chi connectivity index (χ2n) is 32.3. The minimum Gasteiger partial charge on any atom is -0.0619 e. The van der Waals surface area contributed by atoms with E-state index in [0.29, 0.717) is 0 Å². The summed E-state index contributed by atoms with van der Waals surface area (Å²) in [4.78, 5) is 0. The van der Waals surface area contributed by atoms with Gasteiger partial charge in [0.2, 0.25) is 0 Å². The van der Waals surface area contributed by atoms with Crippen LogP contribution in [0.5, 0.6) is 0 Å². The van der Waals surface area contributed by atoms with Gasteiger partial charge in [-0.1, -0.05) is 375 Å². The van der Waals surface area contributed by atoms with Crippen LogP contribution in [0.15, 0.2) is 352 Å². The van der Waals surface area contributed by atoms with E-state index < -0.39 is 0 Å². The zero-order chi connectivity index (χ0) is 72.8. The molecule has 0 bridgehead atoms. The van der Waals surface area contributed by atoms with Gasteiger partial charge in [0.15, 0.2) is 0 Å². The molecule has 0 saturated carbocycles. The van der Waals surface area contributed by atoms with Crippen molar-refractivity contribution >= 4 is 108 Å². The Labute approximate surface area is 635 Å². The third kappa shape index (κ3) is 8.95. The molecule has 109 heavy (non-hydrogen) atoms. The first-order valence-electron chi connectivity index (χ1n) is 38.7. The molecule has 3 aliphatic carbocycles. The van der Waals surface area contributed by atoms with Gasteiger partial charge in [-0.15, -0.1) is 0 Å². The fraction of sp³-hybridized carbons (Fsp3) is 0.0826. The minimum absolute atomic E-state index is 0.122. The molecule has 20 aromatic rings. The van der Waals surface area contributed by atoms with Crippen molar-refractivity contribution in [2.24, 2.45) is 0 Å². The molecule has 0 nitrogen and oxygen atoms in total. The third-order valence-corrected chi connectivity index (χ3v) is 25.6. The van der Waals surface area contributed by atoms with Crippen molar-refractivity contribution in [1.82, 2.24) is 0 Å². The van der Waals surface area contributed by atoms with Crippen LogP contribution in [0.3, 0.4) is 0 Å². The monoisotopic (exact) mass is 1380 g/mol. The van der Waals surface area contributed by atoms with Crippen LogP contribution in [0.4, 0.5) is 0 Å². The van der Waals surface area contributed by atoms with Gasteiger partial charge in [0.05, 0.1) is 0 Å². The quantitative estimate of drug-likeness (QED) is 0.119. The molecule has 0 radical (unpaired) electrons. The first-order chi connectivity index (χ1) is 53.4. The molecule has 0 amide bonds. The second-order valence-corrected chi connectivity index (χ2v) is 32.3. The van der Waals surface area contributed by atoms with Gasteiger partial charge in [-0.05, 0) is 248 Å². The van der Waals surface area contributed by atoms with E-state index in [9.17, 15) is 0 Å². The van der Waals surface area contributed by atoms with E-state index in [1.54, 1.807) is 0 Å². The van der Waals surface area contributed by atoms with Gasteiger partial charge in [0, 0.05) is 16.2 Å². The molecule has 0 saturated heterocycles. The number of rotatable bonds is 5. The summed E-state index contributed by atoms with van der Waals surface area (Å²) >= 11 is 0. The lowest BCUT2D eigenvalue weighted by Gasteiger charge is -2.24. The Balaban J connectivity index is 0.000000140. The molecule has 0 aromatic heterocycles. The molecule has 20 aromatic carbocycles. The minimum atomic E-state index is -0.163. The molecule has 0 fully saturated rings. The fourth-order valence-corrected chi connectivity index (χ4v) is 20.9. The van der Waals surface area contributed by atoms with Crippen LogP contribution in [0.1, 0.15) is 74.9 Å². The van der Waals surface area contributed by atoms with Crippen molar-refractivity contribution in [3.05, 3.63) is 385 Å². The first-order valence-corrected chi connectivity index (χ1v) is 38.7. The highest BCUT2D eigenvalue weighted by Gasteiger charge is 2.43. The van der Waals surface area contributed by atoms with Crippen LogP contribution >= 0.6 is 0 Å². The topological polar surface area (TPSA) is 0 Å². The zero-order valence-corrected chi connectivity index (χ0v) is 62.0. The third-order valence-electron chi connectivity index (χ3n) is 25.6. The van der Waals surface area contributed by atoms with Crippen molar-refractivity contribution in [3.8, 4) is 89.0 Å². The molecule has 0 spiro atoms. The summed E-state index contributed by atoms with van der Waals surface area (Å²) in [6, 6.07) is 132. The number of benzene rings is 20. The van der Waals surface area contributed by atoms with E-state index in [2.05, 4.69) is 393 Å². The maximum atomic E-state index is 2.54. The second kappa shape index (κ2) is 23.5. The molecule has 23 rings (SSSR count). The predicted octanol–water partition coefficient (Wildman–Crippen LogP) is 30.2. The maximum absolute atomic E-state index is 2.54. The van der Waals surface area contributed by atoms with Crippen molar-refractivity contribution in [2.75, 3.05) is 0 Å². The van der Waals surface area contributed by atoms with E-state index in [4.69, 9.17) is 0 Å².